The Kier molecular flexibility index (Phi) is 3.80. The number of thioether (sulfide) groups is 1. The van der Waals surface area contributed by atoms with Gasteiger partial charge in [0.1, 0.15) is 16.4 Å². The third-order valence-corrected chi connectivity index (χ3v) is 6.36. The van der Waals surface area contributed by atoms with E-state index in [1.165, 1.54) is 22.3 Å². The fraction of sp³-hybridized carbons (Fsp3) is 0.312. The van der Waals surface area contributed by atoms with Crippen LogP contribution in [0.1, 0.15) is 12.1 Å². The first-order valence-corrected chi connectivity index (χ1v) is 9.54. The maximum atomic E-state index is 13.8. The van der Waals surface area contributed by atoms with Gasteiger partial charge in [0, 0.05) is 16.7 Å². The molecule has 0 bridgehead atoms. The van der Waals surface area contributed by atoms with Gasteiger partial charge in [-0.05, 0) is 24.3 Å². The van der Waals surface area contributed by atoms with E-state index in [9.17, 15) is 14.0 Å². The Morgan fingerprint density at radius 2 is 2.17 bits per heavy atom. The van der Waals surface area contributed by atoms with Gasteiger partial charge in [-0.2, -0.15) is 11.8 Å². The summed E-state index contributed by atoms with van der Waals surface area (Å²) >= 11 is 2.97. The first-order chi connectivity index (χ1) is 11.6. The normalized spacial score (nSPS) is 23.3. The van der Waals surface area contributed by atoms with Crippen LogP contribution in [0.3, 0.4) is 0 Å². The van der Waals surface area contributed by atoms with Crippen LogP contribution in [0.5, 0.6) is 0 Å². The Morgan fingerprint density at radius 3 is 2.92 bits per heavy atom. The number of aromatic nitrogens is 1. The van der Waals surface area contributed by atoms with E-state index < -0.39 is 5.54 Å². The summed E-state index contributed by atoms with van der Waals surface area (Å²) in [5.74, 6) is 0.966. The number of urea groups is 1. The topological polar surface area (TPSA) is 62.3 Å². The van der Waals surface area contributed by atoms with Crippen molar-refractivity contribution in [3.8, 4) is 10.6 Å². The summed E-state index contributed by atoms with van der Waals surface area (Å²) in [5, 5.41) is 5.13. The van der Waals surface area contributed by atoms with Crippen molar-refractivity contribution >= 4 is 35.0 Å². The molecule has 0 aliphatic carbocycles. The predicted octanol–water partition coefficient (Wildman–Crippen LogP) is 2.88. The lowest BCUT2D eigenvalue weighted by Crippen LogP contribution is -2.46. The molecule has 1 atom stereocenters. The van der Waals surface area contributed by atoms with Gasteiger partial charge in [0.05, 0.1) is 12.2 Å². The fourth-order valence-electron chi connectivity index (χ4n) is 2.95. The number of nitrogens with one attached hydrogen (secondary N) is 1. The zero-order chi connectivity index (χ0) is 16.7. The van der Waals surface area contributed by atoms with Crippen LogP contribution < -0.4 is 5.32 Å². The molecule has 2 aliphatic heterocycles. The van der Waals surface area contributed by atoms with Crippen LogP contribution in [-0.4, -0.2) is 38.9 Å². The third kappa shape index (κ3) is 2.50. The third-order valence-electron chi connectivity index (χ3n) is 4.24. The molecule has 2 aliphatic rings. The van der Waals surface area contributed by atoms with Crippen molar-refractivity contribution in [3.05, 3.63) is 41.2 Å². The second-order valence-corrected chi connectivity index (χ2v) is 7.79. The second-order valence-electron chi connectivity index (χ2n) is 5.83. The van der Waals surface area contributed by atoms with Crippen molar-refractivity contribution in [3.63, 3.8) is 0 Å². The highest BCUT2D eigenvalue weighted by Crippen LogP contribution is 2.34. The number of benzene rings is 1. The van der Waals surface area contributed by atoms with Crippen LogP contribution >= 0.6 is 23.1 Å². The molecule has 3 heterocycles. The summed E-state index contributed by atoms with van der Waals surface area (Å²) in [6.07, 6.45) is 0.663. The van der Waals surface area contributed by atoms with E-state index in [2.05, 4.69) is 10.3 Å². The maximum Gasteiger partial charge on any atom is 0.325 e. The average molecular weight is 363 g/mol. The molecule has 2 fully saturated rings. The van der Waals surface area contributed by atoms with Crippen molar-refractivity contribution in [2.45, 2.75) is 18.5 Å². The van der Waals surface area contributed by atoms with Gasteiger partial charge in [0.15, 0.2) is 0 Å². The maximum absolute atomic E-state index is 13.8. The van der Waals surface area contributed by atoms with Crippen molar-refractivity contribution < 1.29 is 14.0 Å². The van der Waals surface area contributed by atoms with Crippen molar-refractivity contribution in [1.29, 1.82) is 0 Å². The molecule has 1 unspecified atom stereocenters. The Labute approximate surface area is 146 Å². The molecular formula is C16H14FN3O2S2. The monoisotopic (exact) mass is 363 g/mol. The number of hydrogen-bond donors (Lipinski definition) is 1. The molecule has 1 N–H and O–H groups in total. The number of amides is 3. The van der Waals surface area contributed by atoms with Gasteiger partial charge in [0.25, 0.3) is 5.91 Å². The summed E-state index contributed by atoms with van der Waals surface area (Å²) < 4.78 is 13.8. The smallest absolute Gasteiger partial charge is 0.322 e. The first-order valence-electron chi connectivity index (χ1n) is 7.50. The van der Waals surface area contributed by atoms with Crippen LogP contribution in [0.2, 0.25) is 0 Å². The minimum Gasteiger partial charge on any atom is -0.322 e. The van der Waals surface area contributed by atoms with Gasteiger partial charge in [-0.15, -0.1) is 11.3 Å². The summed E-state index contributed by atoms with van der Waals surface area (Å²) in [4.78, 5) is 30.4. The molecule has 3 amide bonds. The number of hydrogen-bond acceptors (Lipinski definition) is 5. The molecular weight excluding hydrogens is 349 g/mol. The molecule has 24 heavy (non-hydrogen) atoms. The molecule has 2 aromatic rings. The molecule has 0 radical (unpaired) electrons. The Balaban J connectivity index is 1.55. The van der Waals surface area contributed by atoms with E-state index in [1.54, 1.807) is 35.3 Å². The van der Waals surface area contributed by atoms with Gasteiger partial charge < -0.3 is 5.32 Å². The van der Waals surface area contributed by atoms with E-state index >= 15 is 0 Å². The van der Waals surface area contributed by atoms with Crippen LogP contribution in [0, 0.1) is 5.82 Å². The first kappa shape index (κ1) is 15.6. The number of halogens is 1. The largest absolute Gasteiger partial charge is 0.325 e. The summed E-state index contributed by atoms with van der Waals surface area (Å²) in [6.45, 7) is 0.113. The molecule has 1 aromatic heterocycles. The molecule has 124 valence electrons. The van der Waals surface area contributed by atoms with E-state index in [0.717, 1.165) is 5.75 Å². The Hall–Kier alpha value is -1.93. The van der Waals surface area contributed by atoms with E-state index in [4.69, 9.17) is 0 Å². The highest BCUT2D eigenvalue weighted by Gasteiger charge is 2.52. The number of thiazole rings is 1. The molecule has 1 spiro atoms. The summed E-state index contributed by atoms with van der Waals surface area (Å²) in [6, 6.07) is 6.05. The zero-order valence-electron chi connectivity index (χ0n) is 12.6. The van der Waals surface area contributed by atoms with Crippen molar-refractivity contribution in [2.75, 3.05) is 11.5 Å². The van der Waals surface area contributed by atoms with Crippen LogP contribution in [0.4, 0.5) is 9.18 Å². The Morgan fingerprint density at radius 1 is 1.33 bits per heavy atom. The standard InChI is InChI=1S/C16H14FN3O2S2/c17-12-4-2-1-3-11(12)13-18-10(8-24-13)7-20-14(21)16(19-15(20)22)5-6-23-9-16/h1-4,8H,5-7,9H2,(H,19,22). The highest BCUT2D eigenvalue weighted by molar-refractivity contribution is 7.99. The predicted molar refractivity (Wildman–Crippen MR) is 91.3 cm³/mol. The lowest BCUT2D eigenvalue weighted by atomic mass is 9.99. The number of carbonyl (C=O) groups is 2. The summed E-state index contributed by atoms with van der Waals surface area (Å²) in [5.41, 5.74) is 0.269. The van der Waals surface area contributed by atoms with Gasteiger partial charge >= 0.3 is 6.03 Å². The average Bonchev–Trinajstić information content (AvgIpc) is 3.26. The molecule has 5 nitrogen and oxygen atoms in total. The SMILES string of the molecule is O=C1NC2(CCSC2)C(=O)N1Cc1csc(-c2ccccc2F)n1. The van der Waals surface area contributed by atoms with Gasteiger partial charge in [-0.1, -0.05) is 12.1 Å². The summed E-state index contributed by atoms with van der Waals surface area (Å²) in [7, 11) is 0. The van der Waals surface area contributed by atoms with Crippen LogP contribution in [-0.2, 0) is 11.3 Å². The Bertz CT molecular complexity index is 817. The van der Waals surface area contributed by atoms with Gasteiger partial charge in [-0.25, -0.2) is 14.2 Å². The number of nitrogens with zero attached hydrogens (tertiary/aromatic N) is 2. The number of imide groups is 1. The molecule has 8 heteroatoms. The minimum absolute atomic E-state index is 0.113. The number of rotatable bonds is 3. The zero-order valence-corrected chi connectivity index (χ0v) is 14.3. The van der Waals surface area contributed by atoms with Gasteiger partial charge in [-0.3, -0.25) is 9.69 Å². The second kappa shape index (κ2) is 5.86. The van der Waals surface area contributed by atoms with Crippen LogP contribution in [0.15, 0.2) is 29.6 Å². The molecule has 2 saturated heterocycles. The van der Waals surface area contributed by atoms with Crippen molar-refractivity contribution in [1.82, 2.24) is 15.2 Å². The molecule has 0 saturated carbocycles. The van der Waals surface area contributed by atoms with E-state index in [1.807, 2.05) is 0 Å². The molecule has 4 rings (SSSR count). The highest BCUT2D eigenvalue weighted by atomic mass is 32.2. The van der Waals surface area contributed by atoms with E-state index in [-0.39, 0.29) is 24.3 Å². The molecule has 1 aromatic carbocycles. The van der Waals surface area contributed by atoms with Crippen LogP contribution in [0.25, 0.3) is 10.6 Å². The van der Waals surface area contributed by atoms with Crippen molar-refractivity contribution in [2.24, 2.45) is 0 Å². The minimum atomic E-state index is -0.744. The lowest BCUT2D eigenvalue weighted by Gasteiger charge is -2.18. The fourth-order valence-corrected chi connectivity index (χ4v) is 5.11. The lowest BCUT2D eigenvalue weighted by molar-refractivity contribution is -0.130. The van der Waals surface area contributed by atoms with E-state index in [0.29, 0.717) is 28.4 Å². The number of carbonyl (C=O) groups excluding carboxylic acids is 2. The quantitative estimate of drug-likeness (QED) is 0.852. The van der Waals surface area contributed by atoms with Gasteiger partial charge in [0.2, 0.25) is 0 Å².